The van der Waals surface area contributed by atoms with E-state index in [1.807, 2.05) is 29.2 Å². The van der Waals surface area contributed by atoms with Gasteiger partial charge in [-0.1, -0.05) is 36.4 Å². The first-order valence-electron chi connectivity index (χ1n) is 9.65. The Labute approximate surface area is 165 Å². The Balaban J connectivity index is 1.33. The Morgan fingerprint density at radius 1 is 1.00 bits per heavy atom. The molecule has 1 aliphatic rings. The van der Waals surface area contributed by atoms with Crippen LogP contribution in [0.1, 0.15) is 16.8 Å². The van der Waals surface area contributed by atoms with Crippen molar-refractivity contribution in [3.05, 3.63) is 77.6 Å². The van der Waals surface area contributed by atoms with Crippen LogP contribution in [0.15, 0.2) is 60.8 Å². The Bertz CT molecular complexity index is 1010. The fourth-order valence-electron chi connectivity index (χ4n) is 3.47. The summed E-state index contributed by atoms with van der Waals surface area (Å²) >= 11 is 0. The molecule has 5 heteroatoms. The van der Waals surface area contributed by atoms with Gasteiger partial charge in [-0.3, -0.25) is 14.7 Å². The lowest BCUT2D eigenvalue weighted by molar-refractivity contribution is -0.127. The molecule has 5 nitrogen and oxygen atoms in total. The molecule has 3 aromatic rings. The van der Waals surface area contributed by atoms with Gasteiger partial charge in [-0.25, -0.2) is 4.98 Å². The van der Waals surface area contributed by atoms with Crippen LogP contribution in [-0.2, 0) is 11.3 Å². The van der Waals surface area contributed by atoms with Gasteiger partial charge in [0.05, 0.1) is 22.9 Å². The summed E-state index contributed by atoms with van der Waals surface area (Å²) < 4.78 is 0. The minimum atomic E-state index is 0.0329. The summed E-state index contributed by atoms with van der Waals surface area (Å²) in [6, 6.07) is 16.2. The number of carbonyl (C=O) groups excluding carboxylic acids is 1. The molecule has 0 atom stereocenters. The Morgan fingerprint density at radius 2 is 1.71 bits per heavy atom. The van der Waals surface area contributed by atoms with E-state index in [0.29, 0.717) is 5.69 Å². The van der Waals surface area contributed by atoms with Crippen LogP contribution in [0.25, 0.3) is 17.1 Å². The van der Waals surface area contributed by atoms with E-state index in [9.17, 15) is 4.79 Å². The highest BCUT2D eigenvalue weighted by atomic mass is 16.2. The standard InChI is InChI=1S/C23H24N4O/c1-18-6-2-3-7-19(18)17-26-12-14-27(15-13-26)23(28)11-10-20-16-24-21-8-4-5-9-22(21)25-20/h2-11,16H,12-15,17H2,1H3/b11-10+. The summed E-state index contributed by atoms with van der Waals surface area (Å²) in [5.74, 6) is 0.0329. The number of carbonyl (C=O) groups is 1. The second-order valence-corrected chi connectivity index (χ2v) is 7.14. The van der Waals surface area contributed by atoms with Crippen molar-refractivity contribution in [3.63, 3.8) is 0 Å². The number of aryl methyl sites for hydroxylation is 1. The van der Waals surface area contributed by atoms with Crippen molar-refractivity contribution >= 4 is 23.0 Å². The predicted molar refractivity (Wildman–Crippen MR) is 112 cm³/mol. The smallest absolute Gasteiger partial charge is 0.246 e. The lowest BCUT2D eigenvalue weighted by atomic mass is 10.1. The van der Waals surface area contributed by atoms with Gasteiger partial charge in [0.25, 0.3) is 0 Å². The number of aromatic nitrogens is 2. The number of benzene rings is 2. The summed E-state index contributed by atoms with van der Waals surface area (Å²) in [5, 5.41) is 0. The molecule has 2 heterocycles. The molecule has 1 aromatic heterocycles. The molecule has 2 aromatic carbocycles. The van der Waals surface area contributed by atoms with Crippen LogP contribution in [-0.4, -0.2) is 51.9 Å². The monoisotopic (exact) mass is 372 g/mol. The molecule has 0 radical (unpaired) electrons. The molecule has 1 aliphatic heterocycles. The Morgan fingerprint density at radius 3 is 2.50 bits per heavy atom. The fourth-order valence-corrected chi connectivity index (χ4v) is 3.47. The first kappa shape index (κ1) is 18.3. The summed E-state index contributed by atoms with van der Waals surface area (Å²) in [6.45, 7) is 6.37. The topological polar surface area (TPSA) is 49.3 Å². The van der Waals surface area contributed by atoms with Crippen LogP contribution >= 0.6 is 0 Å². The second-order valence-electron chi connectivity index (χ2n) is 7.14. The predicted octanol–water partition coefficient (Wildman–Crippen LogP) is 3.30. The molecule has 1 fully saturated rings. The quantitative estimate of drug-likeness (QED) is 0.660. The molecule has 0 saturated carbocycles. The van der Waals surface area contributed by atoms with Crippen molar-refractivity contribution in [2.24, 2.45) is 0 Å². The molecule has 0 bridgehead atoms. The number of para-hydroxylation sites is 2. The van der Waals surface area contributed by atoms with Gasteiger partial charge >= 0.3 is 0 Å². The van der Waals surface area contributed by atoms with Gasteiger partial charge in [-0.15, -0.1) is 0 Å². The van der Waals surface area contributed by atoms with Crippen LogP contribution in [0, 0.1) is 6.92 Å². The SMILES string of the molecule is Cc1ccccc1CN1CCN(C(=O)/C=C/c2cnc3ccccc3n2)CC1. The zero-order chi connectivity index (χ0) is 19.3. The lowest BCUT2D eigenvalue weighted by Crippen LogP contribution is -2.47. The zero-order valence-electron chi connectivity index (χ0n) is 16.1. The maximum Gasteiger partial charge on any atom is 0.246 e. The normalized spacial score (nSPS) is 15.4. The maximum absolute atomic E-state index is 12.5. The van der Waals surface area contributed by atoms with E-state index in [0.717, 1.165) is 43.8 Å². The van der Waals surface area contributed by atoms with E-state index in [2.05, 4.69) is 46.1 Å². The molecule has 4 rings (SSSR count). The fraction of sp³-hybridized carbons (Fsp3) is 0.261. The molecule has 1 saturated heterocycles. The second kappa shape index (κ2) is 8.31. The van der Waals surface area contributed by atoms with Crippen molar-refractivity contribution in [2.75, 3.05) is 26.2 Å². The highest BCUT2D eigenvalue weighted by molar-refractivity contribution is 5.91. The van der Waals surface area contributed by atoms with E-state index in [1.54, 1.807) is 18.3 Å². The van der Waals surface area contributed by atoms with Crippen LogP contribution in [0.3, 0.4) is 0 Å². The average Bonchev–Trinajstić information content (AvgIpc) is 2.74. The van der Waals surface area contributed by atoms with Gasteiger partial charge in [0.1, 0.15) is 0 Å². The molecular weight excluding hydrogens is 348 g/mol. The molecule has 28 heavy (non-hydrogen) atoms. The number of amides is 1. The molecule has 1 amide bonds. The van der Waals surface area contributed by atoms with Crippen molar-refractivity contribution in [3.8, 4) is 0 Å². The minimum Gasteiger partial charge on any atom is -0.337 e. The Hall–Kier alpha value is -3.05. The number of fused-ring (bicyclic) bond motifs is 1. The maximum atomic E-state index is 12.5. The van der Waals surface area contributed by atoms with Crippen molar-refractivity contribution in [1.82, 2.24) is 19.8 Å². The summed E-state index contributed by atoms with van der Waals surface area (Å²) in [6.07, 6.45) is 5.06. The van der Waals surface area contributed by atoms with Crippen LogP contribution < -0.4 is 0 Å². The van der Waals surface area contributed by atoms with E-state index in [1.165, 1.54) is 11.1 Å². The van der Waals surface area contributed by atoms with E-state index in [-0.39, 0.29) is 5.91 Å². The molecule has 0 aliphatic carbocycles. The first-order chi connectivity index (χ1) is 13.7. The van der Waals surface area contributed by atoms with Crippen LogP contribution in [0.5, 0.6) is 0 Å². The molecule has 0 N–H and O–H groups in total. The highest BCUT2D eigenvalue weighted by Crippen LogP contribution is 2.13. The molecule has 0 spiro atoms. The van der Waals surface area contributed by atoms with Crippen molar-refractivity contribution in [1.29, 1.82) is 0 Å². The summed E-state index contributed by atoms with van der Waals surface area (Å²) in [4.78, 5) is 25.8. The number of hydrogen-bond donors (Lipinski definition) is 0. The Kier molecular flexibility index (Phi) is 5.44. The zero-order valence-corrected chi connectivity index (χ0v) is 16.1. The number of rotatable bonds is 4. The largest absolute Gasteiger partial charge is 0.337 e. The lowest BCUT2D eigenvalue weighted by Gasteiger charge is -2.34. The molecular formula is C23H24N4O. The van der Waals surface area contributed by atoms with Gasteiger partial charge in [0.2, 0.25) is 5.91 Å². The van der Waals surface area contributed by atoms with Gasteiger partial charge in [0, 0.05) is 38.8 Å². The van der Waals surface area contributed by atoms with E-state index in [4.69, 9.17) is 0 Å². The van der Waals surface area contributed by atoms with Gasteiger partial charge in [0.15, 0.2) is 0 Å². The average molecular weight is 372 g/mol. The van der Waals surface area contributed by atoms with Crippen LogP contribution in [0.2, 0.25) is 0 Å². The van der Waals surface area contributed by atoms with Gasteiger partial charge < -0.3 is 4.90 Å². The van der Waals surface area contributed by atoms with Crippen molar-refractivity contribution < 1.29 is 4.79 Å². The van der Waals surface area contributed by atoms with Crippen molar-refractivity contribution in [2.45, 2.75) is 13.5 Å². The van der Waals surface area contributed by atoms with Crippen LogP contribution in [0.4, 0.5) is 0 Å². The number of hydrogen-bond acceptors (Lipinski definition) is 4. The third-order valence-corrected chi connectivity index (χ3v) is 5.20. The molecule has 142 valence electrons. The minimum absolute atomic E-state index is 0.0329. The third-order valence-electron chi connectivity index (χ3n) is 5.20. The van der Waals surface area contributed by atoms with E-state index < -0.39 is 0 Å². The van der Waals surface area contributed by atoms with Gasteiger partial charge in [-0.05, 0) is 36.3 Å². The van der Waals surface area contributed by atoms with Gasteiger partial charge in [-0.2, -0.15) is 0 Å². The highest BCUT2D eigenvalue weighted by Gasteiger charge is 2.20. The third kappa shape index (κ3) is 4.26. The number of nitrogens with zero attached hydrogens (tertiary/aromatic N) is 4. The molecule has 0 unspecified atom stereocenters. The van der Waals surface area contributed by atoms with E-state index >= 15 is 0 Å². The summed E-state index contributed by atoms with van der Waals surface area (Å²) in [5.41, 5.74) is 5.07. The summed E-state index contributed by atoms with van der Waals surface area (Å²) in [7, 11) is 0. The first-order valence-corrected chi connectivity index (χ1v) is 9.65. The number of piperazine rings is 1.